The molecule has 1 saturated carbocycles. The van der Waals surface area contributed by atoms with Crippen molar-refractivity contribution >= 4 is 17.5 Å². The highest BCUT2D eigenvalue weighted by molar-refractivity contribution is 5.98. The highest BCUT2D eigenvalue weighted by Gasteiger charge is 2.39. The highest BCUT2D eigenvalue weighted by atomic mass is 16.2. The van der Waals surface area contributed by atoms with Gasteiger partial charge < -0.3 is 10.6 Å². The Balaban J connectivity index is 1.45. The second-order valence-electron chi connectivity index (χ2n) is 7.97. The summed E-state index contributed by atoms with van der Waals surface area (Å²) in [5.41, 5.74) is 3.51. The van der Waals surface area contributed by atoms with Crippen molar-refractivity contribution in [3.63, 3.8) is 0 Å². The summed E-state index contributed by atoms with van der Waals surface area (Å²) in [4.78, 5) is 25.0. The molecular formula is C26H26N2O2. The number of anilines is 1. The van der Waals surface area contributed by atoms with E-state index in [0.29, 0.717) is 23.7 Å². The summed E-state index contributed by atoms with van der Waals surface area (Å²) in [7, 11) is 0. The topological polar surface area (TPSA) is 58.2 Å². The molecular weight excluding hydrogens is 372 g/mol. The SMILES string of the molecule is CC1CC1C(=O)Nc1cccc(C(=O)NCC(c2ccccc2)c2ccccc2)c1. The quantitative estimate of drug-likeness (QED) is 0.598. The Morgan fingerprint density at radius 1 is 0.900 bits per heavy atom. The van der Waals surface area contributed by atoms with E-state index in [-0.39, 0.29) is 23.7 Å². The zero-order valence-electron chi connectivity index (χ0n) is 17.0. The molecule has 2 atom stereocenters. The van der Waals surface area contributed by atoms with E-state index in [4.69, 9.17) is 0 Å². The molecule has 0 radical (unpaired) electrons. The van der Waals surface area contributed by atoms with Gasteiger partial charge in [0.2, 0.25) is 5.91 Å². The molecule has 0 aromatic heterocycles. The summed E-state index contributed by atoms with van der Waals surface area (Å²) >= 11 is 0. The van der Waals surface area contributed by atoms with Crippen LogP contribution in [0.1, 0.15) is 40.7 Å². The molecule has 4 heteroatoms. The van der Waals surface area contributed by atoms with Crippen LogP contribution in [0.15, 0.2) is 84.9 Å². The van der Waals surface area contributed by atoms with Gasteiger partial charge in [0.25, 0.3) is 5.91 Å². The molecule has 2 unspecified atom stereocenters. The maximum Gasteiger partial charge on any atom is 0.251 e. The number of rotatable bonds is 7. The van der Waals surface area contributed by atoms with Crippen molar-refractivity contribution in [3.05, 3.63) is 102 Å². The zero-order valence-corrected chi connectivity index (χ0v) is 17.0. The van der Waals surface area contributed by atoms with Crippen molar-refractivity contribution in [1.82, 2.24) is 5.32 Å². The van der Waals surface area contributed by atoms with E-state index in [0.717, 1.165) is 17.5 Å². The third-order valence-electron chi connectivity index (χ3n) is 5.71. The van der Waals surface area contributed by atoms with Crippen LogP contribution in [0, 0.1) is 11.8 Å². The summed E-state index contributed by atoms with van der Waals surface area (Å²) in [6.45, 7) is 2.56. The van der Waals surface area contributed by atoms with E-state index in [2.05, 4.69) is 41.8 Å². The molecule has 152 valence electrons. The largest absolute Gasteiger partial charge is 0.351 e. The van der Waals surface area contributed by atoms with Crippen LogP contribution in [-0.4, -0.2) is 18.4 Å². The van der Waals surface area contributed by atoms with Crippen LogP contribution in [0.25, 0.3) is 0 Å². The first kappa shape index (κ1) is 19.9. The summed E-state index contributed by atoms with van der Waals surface area (Å²) in [6, 6.07) is 27.5. The van der Waals surface area contributed by atoms with E-state index in [1.807, 2.05) is 42.5 Å². The van der Waals surface area contributed by atoms with Gasteiger partial charge in [0.1, 0.15) is 0 Å². The molecule has 1 fully saturated rings. The average Bonchev–Trinajstić information content (AvgIpc) is 3.52. The Morgan fingerprint density at radius 3 is 2.07 bits per heavy atom. The molecule has 30 heavy (non-hydrogen) atoms. The van der Waals surface area contributed by atoms with Crippen molar-refractivity contribution in [2.45, 2.75) is 19.3 Å². The Kier molecular flexibility index (Phi) is 5.94. The lowest BCUT2D eigenvalue weighted by Gasteiger charge is -2.19. The highest BCUT2D eigenvalue weighted by Crippen LogP contribution is 2.38. The van der Waals surface area contributed by atoms with Gasteiger partial charge in [0, 0.05) is 29.6 Å². The van der Waals surface area contributed by atoms with Gasteiger partial charge in [-0.05, 0) is 41.7 Å². The van der Waals surface area contributed by atoms with Gasteiger partial charge in [-0.3, -0.25) is 9.59 Å². The summed E-state index contributed by atoms with van der Waals surface area (Å²) in [5.74, 6) is 0.496. The van der Waals surface area contributed by atoms with Crippen molar-refractivity contribution in [2.24, 2.45) is 11.8 Å². The molecule has 1 aliphatic rings. The van der Waals surface area contributed by atoms with Crippen LogP contribution in [0.5, 0.6) is 0 Å². The maximum atomic E-state index is 12.8. The third-order valence-corrected chi connectivity index (χ3v) is 5.71. The standard InChI is InChI=1S/C26H26N2O2/c1-18-15-23(18)26(30)28-22-14-8-13-21(16-22)25(29)27-17-24(19-9-4-2-5-10-19)20-11-6-3-7-12-20/h2-14,16,18,23-24H,15,17H2,1H3,(H,27,29)(H,28,30). The molecule has 2 N–H and O–H groups in total. The lowest BCUT2D eigenvalue weighted by atomic mass is 9.91. The van der Waals surface area contributed by atoms with Crippen LogP contribution in [0.4, 0.5) is 5.69 Å². The predicted molar refractivity (Wildman–Crippen MR) is 119 cm³/mol. The molecule has 4 nitrogen and oxygen atoms in total. The number of amides is 2. The summed E-state index contributed by atoms with van der Waals surface area (Å²) < 4.78 is 0. The van der Waals surface area contributed by atoms with Gasteiger partial charge in [-0.25, -0.2) is 0 Å². The smallest absolute Gasteiger partial charge is 0.251 e. The van der Waals surface area contributed by atoms with Gasteiger partial charge in [0.05, 0.1) is 0 Å². The first-order valence-electron chi connectivity index (χ1n) is 10.4. The van der Waals surface area contributed by atoms with Crippen LogP contribution >= 0.6 is 0 Å². The lowest BCUT2D eigenvalue weighted by molar-refractivity contribution is -0.117. The molecule has 0 heterocycles. The Hall–Kier alpha value is -3.40. The molecule has 0 bridgehead atoms. The maximum absolute atomic E-state index is 12.8. The van der Waals surface area contributed by atoms with Crippen LogP contribution in [-0.2, 0) is 4.79 Å². The van der Waals surface area contributed by atoms with E-state index in [9.17, 15) is 9.59 Å². The van der Waals surface area contributed by atoms with Crippen LogP contribution in [0.3, 0.4) is 0 Å². The average molecular weight is 399 g/mol. The molecule has 3 aromatic rings. The minimum absolute atomic E-state index is 0.0354. The number of benzene rings is 3. The molecule has 0 saturated heterocycles. The number of hydrogen-bond acceptors (Lipinski definition) is 2. The van der Waals surface area contributed by atoms with E-state index < -0.39 is 0 Å². The predicted octanol–water partition coefficient (Wildman–Crippen LogP) is 4.84. The molecule has 3 aromatic carbocycles. The first-order chi connectivity index (χ1) is 14.6. The second kappa shape index (κ2) is 8.95. The Morgan fingerprint density at radius 2 is 1.50 bits per heavy atom. The van der Waals surface area contributed by atoms with Crippen molar-refractivity contribution in [1.29, 1.82) is 0 Å². The minimum atomic E-state index is -0.150. The summed E-state index contributed by atoms with van der Waals surface area (Å²) in [5, 5.41) is 5.99. The van der Waals surface area contributed by atoms with Crippen molar-refractivity contribution < 1.29 is 9.59 Å². The van der Waals surface area contributed by atoms with Crippen molar-refractivity contribution in [2.75, 3.05) is 11.9 Å². The molecule has 2 amide bonds. The van der Waals surface area contributed by atoms with Gasteiger partial charge in [-0.1, -0.05) is 73.7 Å². The fourth-order valence-electron chi connectivity index (χ4n) is 3.76. The molecule has 1 aliphatic carbocycles. The van der Waals surface area contributed by atoms with E-state index >= 15 is 0 Å². The monoisotopic (exact) mass is 398 g/mol. The zero-order chi connectivity index (χ0) is 20.9. The van der Waals surface area contributed by atoms with Crippen LogP contribution < -0.4 is 10.6 Å². The first-order valence-corrected chi connectivity index (χ1v) is 10.4. The normalized spacial score (nSPS) is 17.4. The number of nitrogens with one attached hydrogen (secondary N) is 2. The van der Waals surface area contributed by atoms with Crippen LogP contribution in [0.2, 0.25) is 0 Å². The Bertz CT molecular complexity index is 978. The van der Waals surface area contributed by atoms with Crippen molar-refractivity contribution in [3.8, 4) is 0 Å². The number of hydrogen-bond donors (Lipinski definition) is 2. The third kappa shape index (κ3) is 4.77. The summed E-state index contributed by atoms with van der Waals surface area (Å²) in [6.07, 6.45) is 0.937. The number of carbonyl (C=O) groups excluding carboxylic acids is 2. The van der Waals surface area contributed by atoms with Gasteiger partial charge in [-0.15, -0.1) is 0 Å². The van der Waals surface area contributed by atoms with Gasteiger partial charge in [-0.2, -0.15) is 0 Å². The number of carbonyl (C=O) groups is 2. The minimum Gasteiger partial charge on any atom is -0.351 e. The van der Waals surface area contributed by atoms with E-state index in [1.54, 1.807) is 18.2 Å². The van der Waals surface area contributed by atoms with Gasteiger partial charge >= 0.3 is 0 Å². The fourth-order valence-corrected chi connectivity index (χ4v) is 3.76. The fraction of sp³-hybridized carbons (Fsp3) is 0.231. The van der Waals surface area contributed by atoms with Gasteiger partial charge in [0.15, 0.2) is 0 Å². The molecule has 0 aliphatic heterocycles. The second-order valence-corrected chi connectivity index (χ2v) is 7.97. The molecule has 0 spiro atoms. The Labute approximate surface area is 177 Å². The molecule has 4 rings (SSSR count). The van der Waals surface area contributed by atoms with E-state index in [1.165, 1.54) is 0 Å². The lowest BCUT2D eigenvalue weighted by Crippen LogP contribution is -2.29.